The second kappa shape index (κ2) is 4.95. The molecule has 0 heterocycles. The molecule has 4 saturated carbocycles. The van der Waals surface area contributed by atoms with Crippen molar-refractivity contribution in [1.29, 1.82) is 0 Å². The van der Waals surface area contributed by atoms with Crippen molar-refractivity contribution >= 4 is 5.97 Å². The second-order valence-electron chi connectivity index (χ2n) is 9.32. The summed E-state index contributed by atoms with van der Waals surface area (Å²) in [6.07, 6.45) is 8.87. The number of carboxylic acid groups (broad SMARTS) is 1. The average molecular weight is 322 g/mol. The molecule has 4 nitrogen and oxygen atoms in total. The van der Waals surface area contributed by atoms with Crippen molar-refractivity contribution in [3.63, 3.8) is 0 Å². The number of hydrogen-bond acceptors (Lipinski definition) is 3. The third-order valence-electron chi connectivity index (χ3n) is 8.52. The molecular weight excluding hydrogens is 292 g/mol. The lowest BCUT2D eigenvalue weighted by Crippen LogP contribution is -2.54. The van der Waals surface area contributed by atoms with Crippen molar-refractivity contribution in [3.8, 4) is 0 Å². The predicted molar refractivity (Wildman–Crippen MR) is 85.7 cm³/mol. The normalized spacial score (nSPS) is 55.1. The summed E-state index contributed by atoms with van der Waals surface area (Å²) < 4.78 is 0. The Labute approximate surface area is 138 Å². The van der Waals surface area contributed by atoms with Gasteiger partial charge < -0.3 is 15.3 Å². The van der Waals surface area contributed by atoms with Gasteiger partial charge in [-0.05, 0) is 80.0 Å². The van der Waals surface area contributed by atoms with E-state index in [0.29, 0.717) is 11.8 Å². The first-order valence-corrected chi connectivity index (χ1v) is 9.41. The van der Waals surface area contributed by atoms with E-state index in [-0.39, 0.29) is 29.3 Å². The maximum Gasteiger partial charge on any atom is 0.306 e. The van der Waals surface area contributed by atoms with Gasteiger partial charge in [0.05, 0.1) is 18.1 Å². The molecule has 0 amide bonds. The van der Waals surface area contributed by atoms with E-state index < -0.39 is 11.6 Å². The zero-order valence-electron chi connectivity index (χ0n) is 14.1. The van der Waals surface area contributed by atoms with Gasteiger partial charge in [-0.15, -0.1) is 0 Å². The van der Waals surface area contributed by atoms with Crippen LogP contribution in [0.5, 0.6) is 0 Å². The summed E-state index contributed by atoms with van der Waals surface area (Å²) in [6, 6.07) is 0. The van der Waals surface area contributed by atoms with Gasteiger partial charge in [-0.1, -0.05) is 13.3 Å². The van der Waals surface area contributed by atoms with Crippen molar-refractivity contribution in [3.05, 3.63) is 0 Å². The van der Waals surface area contributed by atoms with E-state index in [4.69, 9.17) is 0 Å². The van der Waals surface area contributed by atoms with Crippen LogP contribution in [-0.2, 0) is 4.79 Å². The van der Waals surface area contributed by atoms with Gasteiger partial charge in [0, 0.05) is 0 Å². The van der Waals surface area contributed by atoms with E-state index in [1.807, 2.05) is 0 Å². The number of fused-ring (bicyclic) bond motifs is 3. The van der Waals surface area contributed by atoms with Gasteiger partial charge in [-0.2, -0.15) is 0 Å². The Kier molecular flexibility index (Phi) is 3.42. The third kappa shape index (κ3) is 2.00. The lowest BCUT2D eigenvalue weighted by atomic mass is 9.43. The molecule has 7 atom stereocenters. The van der Waals surface area contributed by atoms with E-state index in [0.717, 1.165) is 57.8 Å². The molecule has 0 saturated heterocycles. The number of aliphatic hydroxyl groups is 2. The monoisotopic (exact) mass is 322 g/mol. The van der Waals surface area contributed by atoms with Crippen LogP contribution in [-0.4, -0.2) is 33.5 Å². The highest BCUT2D eigenvalue weighted by Crippen LogP contribution is 2.71. The minimum absolute atomic E-state index is 0.102. The van der Waals surface area contributed by atoms with Crippen LogP contribution < -0.4 is 0 Å². The Bertz CT molecular complexity index is 519. The zero-order valence-corrected chi connectivity index (χ0v) is 14.1. The lowest BCUT2D eigenvalue weighted by Gasteiger charge is -2.61. The first-order valence-electron chi connectivity index (χ1n) is 9.41. The van der Waals surface area contributed by atoms with Gasteiger partial charge in [0.2, 0.25) is 0 Å². The number of aliphatic hydroxyl groups excluding tert-OH is 1. The van der Waals surface area contributed by atoms with E-state index >= 15 is 0 Å². The molecule has 4 aliphatic rings. The maximum absolute atomic E-state index is 11.7. The Morgan fingerprint density at radius 1 is 1.17 bits per heavy atom. The van der Waals surface area contributed by atoms with Gasteiger partial charge >= 0.3 is 5.97 Å². The second-order valence-corrected chi connectivity index (χ2v) is 9.32. The summed E-state index contributed by atoms with van der Waals surface area (Å²) in [6.45, 7) is 2.22. The van der Waals surface area contributed by atoms with Crippen molar-refractivity contribution < 1.29 is 20.1 Å². The topological polar surface area (TPSA) is 77.8 Å². The van der Waals surface area contributed by atoms with Crippen molar-refractivity contribution in [2.75, 3.05) is 6.61 Å². The molecule has 4 fully saturated rings. The highest BCUT2D eigenvalue weighted by atomic mass is 16.4. The van der Waals surface area contributed by atoms with Crippen molar-refractivity contribution in [1.82, 2.24) is 0 Å². The van der Waals surface area contributed by atoms with E-state index in [1.165, 1.54) is 0 Å². The fourth-order valence-electron chi connectivity index (χ4n) is 7.65. The lowest BCUT2D eigenvalue weighted by molar-refractivity contribution is -0.162. The molecule has 0 radical (unpaired) electrons. The molecule has 7 unspecified atom stereocenters. The molecule has 2 bridgehead atoms. The fraction of sp³-hybridized carbons (Fsp3) is 0.947. The highest BCUT2D eigenvalue weighted by Gasteiger charge is 2.66. The van der Waals surface area contributed by atoms with Crippen LogP contribution in [0.4, 0.5) is 0 Å². The minimum Gasteiger partial charge on any atom is -0.481 e. The summed E-state index contributed by atoms with van der Waals surface area (Å²) in [5.74, 6) is 0.269. The van der Waals surface area contributed by atoms with E-state index in [9.17, 15) is 20.1 Å². The van der Waals surface area contributed by atoms with Gasteiger partial charge in [0.25, 0.3) is 0 Å². The number of aliphatic carboxylic acids is 1. The molecule has 4 heteroatoms. The van der Waals surface area contributed by atoms with Crippen LogP contribution in [0.1, 0.15) is 64.7 Å². The Hall–Kier alpha value is -0.610. The SMILES string of the molecule is CC12CCCC(C(=O)O)C1CCC13CC(CCC12)C(O)(CO)C3. The molecule has 23 heavy (non-hydrogen) atoms. The molecule has 0 aromatic rings. The van der Waals surface area contributed by atoms with E-state index in [2.05, 4.69) is 6.92 Å². The van der Waals surface area contributed by atoms with Crippen LogP contribution in [0.2, 0.25) is 0 Å². The third-order valence-corrected chi connectivity index (χ3v) is 8.52. The van der Waals surface area contributed by atoms with Crippen molar-refractivity contribution in [2.24, 2.45) is 34.5 Å². The number of rotatable bonds is 2. The maximum atomic E-state index is 11.7. The summed E-state index contributed by atoms with van der Waals surface area (Å²) >= 11 is 0. The molecule has 0 aliphatic heterocycles. The quantitative estimate of drug-likeness (QED) is 0.730. The van der Waals surface area contributed by atoms with Gasteiger partial charge in [0.15, 0.2) is 0 Å². The Morgan fingerprint density at radius 3 is 2.65 bits per heavy atom. The Balaban J connectivity index is 1.69. The summed E-state index contributed by atoms with van der Waals surface area (Å²) in [4.78, 5) is 11.7. The van der Waals surface area contributed by atoms with Gasteiger partial charge in [-0.25, -0.2) is 0 Å². The van der Waals surface area contributed by atoms with Crippen LogP contribution in [0.15, 0.2) is 0 Å². The zero-order chi connectivity index (χ0) is 16.5. The number of carboxylic acids is 1. The van der Waals surface area contributed by atoms with Crippen LogP contribution in [0.3, 0.4) is 0 Å². The summed E-state index contributed by atoms with van der Waals surface area (Å²) in [7, 11) is 0. The summed E-state index contributed by atoms with van der Waals surface area (Å²) in [5.41, 5.74) is -0.643. The van der Waals surface area contributed by atoms with Crippen LogP contribution >= 0.6 is 0 Å². The number of hydrogen-bond donors (Lipinski definition) is 3. The average Bonchev–Trinajstić information content (AvgIpc) is 2.73. The van der Waals surface area contributed by atoms with E-state index in [1.54, 1.807) is 0 Å². The molecule has 1 spiro atoms. The first kappa shape index (κ1) is 15.9. The highest BCUT2D eigenvalue weighted by molar-refractivity contribution is 5.70. The smallest absolute Gasteiger partial charge is 0.306 e. The summed E-state index contributed by atoms with van der Waals surface area (Å²) in [5, 5.41) is 30.3. The minimum atomic E-state index is -0.890. The Morgan fingerprint density at radius 2 is 1.96 bits per heavy atom. The fourth-order valence-corrected chi connectivity index (χ4v) is 7.65. The van der Waals surface area contributed by atoms with Gasteiger partial charge in [-0.3, -0.25) is 4.79 Å². The molecule has 0 aromatic carbocycles. The molecule has 4 aliphatic carbocycles. The van der Waals surface area contributed by atoms with Crippen LogP contribution in [0.25, 0.3) is 0 Å². The van der Waals surface area contributed by atoms with Crippen molar-refractivity contribution in [2.45, 2.75) is 70.3 Å². The molecule has 4 rings (SSSR count). The first-order chi connectivity index (χ1) is 10.8. The molecule has 130 valence electrons. The molecule has 0 aromatic heterocycles. The van der Waals surface area contributed by atoms with Gasteiger partial charge in [0.1, 0.15) is 0 Å². The molecular formula is C19H30O4. The largest absolute Gasteiger partial charge is 0.481 e. The number of carbonyl (C=O) groups is 1. The van der Waals surface area contributed by atoms with Crippen LogP contribution in [0, 0.1) is 34.5 Å². The predicted octanol–water partition coefficient (Wildman–Crippen LogP) is 2.82. The molecule has 3 N–H and O–H groups in total. The standard InChI is InChI=1S/C19H30O4/c1-17-7-2-3-13(16(21)22)14(17)6-8-18-9-12(4-5-15(17)18)19(23,10-18)11-20/h12-15,20,23H,2-11H2,1H3,(H,21,22).